The molecule has 0 saturated carbocycles. The van der Waals surface area contributed by atoms with Crippen molar-refractivity contribution in [2.45, 2.75) is 37.5 Å². The van der Waals surface area contributed by atoms with E-state index in [0.29, 0.717) is 30.2 Å². The highest BCUT2D eigenvalue weighted by Gasteiger charge is 2.17. The molecule has 1 aliphatic heterocycles. The summed E-state index contributed by atoms with van der Waals surface area (Å²) in [6, 6.07) is 11.2. The number of nitrogens with zero attached hydrogens (tertiary/aromatic N) is 2. The van der Waals surface area contributed by atoms with Crippen LogP contribution in [0.4, 0.5) is 5.69 Å². The number of pyridine rings is 1. The third-order valence-electron chi connectivity index (χ3n) is 4.17. The number of aromatic nitrogens is 1. The molecule has 2 heterocycles. The first-order valence-electron chi connectivity index (χ1n) is 8.85. The second kappa shape index (κ2) is 8.30. The Morgan fingerprint density at radius 2 is 1.81 bits per heavy atom. The summed E-state index contributed by atoms with van der Waals surface area (Å²) < 4.78 is 27.6. The molecule has 1 aromatic carbocycles. The van der Waals surface area contributed by atoms with Crippen LogP contribution >= 0.6 is 0 Å². The Hall–Kier alpha value is -2.74. The molecule has 3 rings (SSSR count). The van der Waals surface area contributed by atoms with Crippen LogP contribution in [0.1, 0.15) is 41.9 Å². The highest BCUT2D eigenvalue weighted by Crippen LogP contribution is 2.16. The maximum absolute atomic E-state index is 12.5. The number of amidine groups is 1. The van der Waals surface area contributed by atoms with Gasteiger partial charge in [-0.25, -0.2) is 13.4 Å². The van der Waals surface area contributed by atoms with Gasteiger partial charge in [0.2, 0.25) is 0 Å². The molecule has 0 spiro atoms. The number of sulfonamides is 1. The van der Waals surface area contributed by atoms with Crippen molar-refractivity contribution < 1.29 is 13.2 Å². The zero-order valence-corrected chi connectivity index (χ0v) is 15.9. The van der Waals surface area contributed by atoms with Crippen molar-refractivity contribution in [2.75, 3.05) is 11.9 Å². The molecular weight excluding hydrogens is 364 g/mol. The van der Waals surface area contributed by atoms with E-state index in [-0.39, 0.29) is 10.8 Å². The number of benzene rings is 1. The van der Waals surface area contributed by atoms with E-state index in [1.54, 1.807) is 24.3 Å². The maximum atomic E-state index is 12.5. The van der Waals surface area contributed by atoms with E-state index >= 15 is 0 Å². The molecule has 0 unspecified atom stereocenters. The summed E-state index contributed by atoms with van der Waals surface area (Å²) >= 11 is 0. The molecule has 27 heavy (non-hydrogen) atoms. The summed E-state index contributed by atoms with van der Waals surface area (Å²) in [5, 5.41) is 2.71. The van der Waals surface area contributed by atoms with Crippen molar-refractivity contribution in [3.05, 3.63) is 53.9 Å². The predicted octanol–water partition coefficient (Wildman–Crippen LogP) is 2.89. The third-order valence-corrected chi connectivity index (χ3v) is 5.57. The summed E-state index contributed by atoms with van der Waals surface area (Å²) in [7, 11) is -3.68. The fourth-order valence-corrected chi connectivity index (χ4v) is 3.84. The molecule has 2 aromatic rings. The average molecular weight is 386 g/mol. The van der Waals surface area contributed by atoms with Crippen molar-refractivity contribution in [1.29, 1.82) is 0 Å². The van der Waals surface area contributed by atoms with Crippen LogP contribution < -0.4 is 10.0 Å². The van der Waals surface area contributed by atoms with Crippen molar-refractivity contribution in [3.63, 3.8) is 0 Å². The van der Waals surface area contributed by atoms with E-state index < -0.39 is 10.0 Å². The molecule has 8 heteroatoms. The molecule has 7 nitrogen and oxygen atoms in total. The van der Waals surface area contributed by atoms with Gasteiger partial charge in [0.15, 0.2) is 0 Å². The van der Waals surface area contributed by atoms with Gasteiger partial charge in [0.1, 0.15) is 11.5 Å². The van der Waals surface area contributed by atoms with Crippen LogP contribution in [0, 0.1) is 6.92 Å². The Kier molecular flexibility index (Phi) is 5.85. The molecule has 1 aromatic heterocycles. The molecule has 0 radical (unpaired) electrons. The summed E-state index contributed by atoms with van der Waals surface area (Å²) in [4.78, 5) is 20.8. The van der Waals surface area contributed by atoms with Gasteiger partial charge in [-0.05, 0) is 56.2 Å². The zero-order chi connectivity index (χ0) is 19.3. The Labute approximate surface area is 159 Å². The lowest BCUT2D eigenvalue weighted by atomic mass is 10.2. The standard InChI is InChI=1S/C19H22N4O3S/c1-14-6-5-7-17(21-14)19(24)22-15-9-11-16(12-10-15)27(25,26)23-18-8-3-2-4-13-20-18/h5-7,9-12H,2-4,8,13H2,1H3,(H,20,23)(H,22,24). The Morgan fingerprint density at radius 1 is 1.04 bits per heavy atom. The normalized spacial score (nSPS) is 14.8. The van der Waals surface area contributed by atoms with Crippen molar-refractivity contribution >= 4 is 27.5 Å². The summed E-state index contributed by atoms with van der Waals surface area (Å²) in [5.74, 6) is 0.163. The van der Waals surface area contributed by atoms with E-state index in [1.165, 1.54) is 12.1 Å². The predicted molar refractivity (Wildman–Crippen MR) is 104 cm³/mol. The minimum absolute atomic E-state index is 0.126. The molecule has 2 N–H and O–H groups in total. The van der Waals surface area contributed by atoms with Crippen LogP contribution in [0.25, 0.3) is 0 Å². The molecule has 0 saturated heterocycles. The van der Waals surface area contributed by atoms with E-state index in [9.17, 15) is 13.2 Å². The fourth-order valence-electron chi connectivity index (χ4n) is 2.75. The van der Waals surface area contributed by atoms with Crippen molar-refractivity contribution in [1.82, 2.24) is 9.71 Å². The minimum atomic E-state index is -3.68. The molecule has 0 fully saturated rings. The lowest BCUT2D eigenvalue weighted by molar-refractivity contribution is 0.102. The van der Waals surface area contributed by atoms with Gasteiger partial charge in [-0.1, -0.05) is 12.5 Å². The first-order valence-corrected chi connectivity index (χ1v) is 10.3. The molecule has 0 atom stereocenters. The van der Waals surface area contributed by atoms with Crippen molar-refractivity contribution in [2.24, 2.45) is 4.99 Å². The second-order valence-electron chi connectivity index (χ2n) is 6.39. The molecular formula is C19H22N4O3S. The second-order valence-corrected chi connectivity index (χ2v) is 8.07. The Bertz CT molecular complexity index is 953. The quantitative estimate of drug-likeness (QED) is 0.844. The van der Waals surface area contributed by atoms with Gasteiger partial charge in [0.25, 0.3) is 15.9 Å². The van der Waals surface area contributed by atoms with Crippen molar-refractivity contribution in [3.8, 4) is 0 Å². The zero-order valence-electron chi connectivity index (χ0n) is 15.1. The topological polar surface area (TPSA) is 101 Å². The largest absolute Gasteiger partial charge is 0.321 e. The Morgan fingerprint density at radius 3 is 2.56 bits per heavy atom. The monoisotopic (exact) mass is 386 g/mol. The SMILES string of the molecule is Cc1cccc(C(=O)Nc2ccc(S(=O)(=O)NC3=NCCCCC3)cc2)n1. The fraction of sp³-hybridized carbons (Fsp3) is 0.316. The van der Waals surface area contributed by atoms with Crippen LogP contribution in [-0.4, -0.2) is 31.7 Å². The van der Waals surface area contributed by atoms with Gasteiger partial charge in [0, 0.05) is 24.3 Å². The van der Waals surface area contributed by atoms with Gasteiger partial charge < -0.3 is 5.32 Å². The van der Waals surface area contributed by atoms with Gasteiger partial charge >= 0.3 is 0 Å². The number of hydrogen-bond donors (Lipinski definition) is 2. The smallest absolute Gasteiger partial charge is 0.274 e. The molecule has 1 aliphatic rings. The number of rotatable bonds is 4. The number of hydrogen-bond acceptors (Lipinski definition) is 5. The van der Waals surface area contributed by atoms with Crippen LogP contribution in [0.15, 0.2) is 52.4 Å². The van der Waals surface area contributed by atoms with Crippen LogP contribution in [0.5, 0.6) is 0 Å². The number of amides is 1. The van der Waals surface area contributed by atoms with Crippen LogP contribution in [-0.2, 0) is 10.0 Å². The summed E-state index contributed by atoms with van der Waals surface area (Å²) in [5.41, 5.74) is 1.55. The van der Waals surface area contributed by atoms with Crippen LogP contribution in [0.3, 0.4) is 0 Å². The third kappa shape index (κ3) is 5.13. The van der Waals surface area contributed by atoms with E-state index in [1.807, 2.05) is 13.0 Å². The number of nitrogens with one attached hydrogen (secondary N) is 2. The molecule has 0 bridgehead atoms. The highest BCUT2D eigenvalue weighted by molar-refractivity contribution is 7.90. The molecule has 1 amide bonds. The Balaban J connectivity index is 1.69. The van der Waals surface area contributed by atoms with E-state index in [2.05, 4.69) is 20.0 Å². The van der Waals surface area contributed by atoms with E-state index in [0.717, 1.165) is 25.0 Å². The number of carbonyl (C=O) groups is 1. The number of aliphatic imine (C=N–C) groups is 1. The number of carbonyl (C=O) groups excluding carboxylic acids is 1. The lowest BCUT2D eigenvalue weighted by Crippen LogP contribution is -2.30. The van der Waals surface area contributed by atoms with Gasteiger partial charge in [-0.2, -0.15) is 0 Å². The molecule has 0 aliphatic carbocycles. The maximum Gasteiger partial charge on any atom is 0.274 e. The number of anilines is 1. The van der Waals surface area contributed by atoms with E-state index in [4.69, 9.17) is 0 Å². The lowest BCUT2D eigenvalue weighted by Gasteiger charge is -2.10. The average Bonchev–Trinajstić information content (AvgIpc) is 2.90. The first-order chi connectivity index (χ1) is 12.9. The van der Waals surface area contributed by atoms with Crippen LogP contribution in [0.2, 0.25) is 0 Å². The highest BCUT2D eigenvalue weighted by atomic mass is 32.2. The summed E-state index contributed by atoms with van der Waals surface area (Å²) in [6.45, 7) is 2.46. The minimum Gasteiger partial charge on any atom is -0.321 e. The summed E-state index contributed by atoms with van der Waals surface area (Å²) in [6.07, 6.45) is 3.60. The molecule has 142 valence electrons. The first kappa shape index (κ1) is 19.0. The van der Waals surface area contributed by atoms with Gasteiger partial charge in [-0.3, -0.25) is 14.5 Å². The van der Waals surface area contributed by atoms with Gasteiger partial charge in [-0.15, -0.1) is 0 Å². The van der Waals surface area contributed by atoms with Gasteiger partial charge in [0.05, 0.1) is 4.90 Å². The number of aryl methyl sites for hydroxylation is 1.